The molecule has 3 aromatic rings. The number of hydrogen-bond donors (Lipinski definition) is 2. The van der Waals surface area contributed by atoms with E-state index in [2.05, 4.69) is 0 Å². The number of halogens is 3. The van der Waals surface area contributed by atoms with Crippen LogP contribution in [0.15, 0.2) is 42.6 Å². The molecule has 146 valence electrons. The lowest BCUT2D eigenvalue weighted by Crippen LogP contribution is -2.37. The maximum atomic E-state index is 13.3. The number of nitro groups is 1. The Hall–Kier alpha value is -3.76. The van der Waals surface area contributed by atoms with E-state index in [1.54, 1.807) is 0 Å². The number of aromatic nitrogens is 2. The average molecular weight is 395 g/mol. The van der Waals surface area contributed by atoms with Crippen molar-refractivity contribution >= 4 is 5.69 Å². The Bertz CT molecular complexity index is 1090. The van der Waals surface area contributed by atoms with Gasteiger partial charge in [0.15, 0.2) is 11.9 Å². The Morgan fingerprint density at radius 1 is 1.14 bits per heavy atom. The van der Waals surface area contributed by atoms with Crippen LogP contribution in [0.1, 0.15) is 5.69 Å². The zero-order chi connectivity index (χ0) is 20.8. The third-order valence-corrected chi connectivity index (χ3v) is 4.19. The molecule has 0 atom stereocenters. The molecule has 2 heterocycles. The number of rotatable bonds is 3. The topological polar surface area (TPSA) is 115 Å². The number of aromatic hydroxyl groups is 2. The highest BCUT2D eigenvalue weighted by Gasteiger charge is 2.43. The van der Waals surface area contributed by atoms with Gasteiger partial charge in [-0.2, -0.15) is 17.9 Å². The van der Waals surface area contributed by atoms with E-state index in [-0.39, 0.29) is 27.2 Å². The van der Waals surface area contributed by atoms with Crippen molar-refractivity contribution in [3.05, 3.63) is 63.6 Å². The van der Waals surface area contributed by atoms with Gasteiger partial charge in [-0.25, -0.2) is 0 Å². The molecule has 2 N–H and O–H groups in total. The van der Waals surface area contributed by atoms with E-state index < -0.39 is 34.0 Å². The van der Waals surface area contributed by atoms with Gasteiger partial charge in [0.2, 0.25) is 5.75 Å². The summed E-state index contributed by atoms with van der Waals surface area (Å²) in [7, 11) is 1.41. The SMILES string of the molecule is Cn1c(-c2cc(O)c(O)c([N+](=O)[O-])c2)ccc1-c1ccc[n+]([O-])c1C(F)(F)F. The summed E-state index contributed by atoms with van der Waals surface area (Å²) >= 11 is 0. The predicted octanol–water partition coefficient (Wildman–Crippen LogP) is 3.33. The smallest absolute Gasteiger partial charge is 0.479 e. The molecule has 8 nitrogen and oxygen atoms in total. The van der Waals surface area contributed by atoms with Crippen molar-refractivity contribution in [3.63, 3.8) is 0 Å². The Labute approximate surface area is 155 Å². The maximum absolute atomic E-state index is 13.3. The first-order valence-corrected chi connectivity index (χ1v) is 7.68. The van der Waals surface area contributed by atoms with Crippen molar-refractivity contribution in [2.75, 3.05) is 0 Å². The van der Waals surface area contributed by atoms with Gasteiger partial charge in [0.1, 0.15) is 0 Å². The molecule has 0 fully saturated rings. The molecule has 0 spiro atoms. The van der Waals surface area contributed by atoms with E-state index in [1.807, 2.05) is 0 Å². The molecule has 2 aromatic heterocycles. The number of alkyl halides is 3. The van der Waals surface area contributed by atoms with Crippen LogP contribution in [0.4, 0.5) is 18.9 Å². The molecule has 0 saturated heterocycles. The molecule has 0 unspecified atom stereocenters. The fourth-order valence-corrected chi connectivity index (χ4v) is 2.94. The van der Waals surface area contributed by atoms with E-state index in [0.717, 1.165) is 24.4 Å². The average Bonchev–Trinajstić information content (AvgIpc) is 2.97. The van der Waals surface area contributed by atoms with Crippen LogP contribution in [0.5, 0.6) is 11.5 Å². The summed E-state index contributed by atoms with van der Waals surface area (Å²) in [6, 6.07) is 7.03. The lowest BCUT2D eigenvalue weighted by Gasteiger charge is -2.14. The summed E-state index contributed by atoms with van der Waals surface area (Å²) in [5.74, 6) is -1.67. The summed E-state index contributed by atoms with van der Waals surface area (Å²) in [5.41, 5.74) is -2.19. The minimum absolute atomic E-state index is 0.0303. The van der Waals surface area contributed by atoms with Crippen LogP contribution >= 0.6 is 0 Å². The van der Waals surface area contributed by atoms with Crippen LogP contribution in [-0.2, 0) is 13.2 Å². The van der Waals surface area contributed by atoms with Crippen molar-refractivity contribution in [1.29, 1.82) is 0 Å². The second-order valence-electron chi connectivity index (χ2n) is 5.88. The Morgan fingerprint density at radius 3 is 2.39 bits per heavy atom. The minimum atomic E-state index is -4.90. The number of phenolic OH excluding ortho intramolecular Hbond substituents is 2. The van der Waals surface area contributed by atoms with Crippen LogP contribution in [-0.4, -0.2) is 19.7 Å². The Morgan fingerprint density at radius 2 is 1.79 bits per heavy atom. The zero-order valence-corrected chi connectivity index (χ0v) is 14.1. The lowest BCUT2D eigenvalue weighted by atomic mass is 10.1. The second kappa shape index (κ2) is 6.44. The number of phenols is 2. The van der Waals surface area contributed by atoms with Gasteiger partial charge in [0, 0.05) is 30.4 Å². The van der Waals surface area contributed by atoms with Crippen LogP contribution < -0.4 is 4.73 Å². The van der Waals surface area contributed by atoms with E-state index >= 15 is 0 Å². The lowest BCUT2D eigenvalue weighted by molar-refractivity contribution is -0.628. The number of nitrogens with zero attached hydrogens (tertiary/aromatic N) is 3. The summed E-state index contributed by atoms with van der Waals surface area (Å²) in [5, 5.41) is 42.1. The monoisotopic (exact) mass is 395 g/mol. The summed E-state index contributed by atoms with van der Waals surface area (Å²) in [6.45, 7) is 0. The fourth-order valence-electron chi connectivity index (χ4n) is 2.94. The van der Waals surface area contributed by atoms with E-state index in [1.165, 1.54) is 29.8 Å². The van der Waals surface area contributed by atoms with Gasteiger partial charge in [-0.05, 0) is 24.3 Å². The molecule has 0 aliphatic rings. The van der Waals surface area contributed by atoms with Gasteiger partial charge in [-0.3, -0.25) is 10.1 Å². The Kier molecular flexibility index (Phi) is 4.37. The number of benzene rings is 1. The molecule has 0 amide bonds. The fraction of sp³-hybridized carbons (Fsp3) is 0.118. The van der Waals surface area contributed by atoms with Gasteiger partial charge in [0.25, 0.3) is 0 Å². The molecule has 1 aromatic carbocycles. The van der Waals surface area contributed by atoms with Crippen molar-refractivity contribution in [3.8, 4) is 34.0 Å². The molecule has 0 aliphatic carbocycles. The molecule has 28 heavy (non-hydrogen) atoms. The third kappa shape index (κ3) is 3.06. The molecular weight excluding hydrogens is 383 g/mol. The minimum Gasteiger partial charge on any atom is -0.618 e. The van der Waals surface area contributed by atoms with Gasteiger partial charge >= 0.3 is 17.6 Å². The van der Waals surface area contributed by atoms with Crippen molar-refractivity contribution < 1.29 is 33.0 Å². The summed E-state index contributed by atoms with van der Waals surface area (Å²) in [4.78, 5) is 10.1. The highest BCUT2D eigenvalue weighted by molar-refractivity contribution is 5.75. The molecule has 0 aliphatic heterocycles. The molecular formula is C17H12F3N3O5. The highest BCUT2D eigenvalue weighted by Crippen LogP contribution is 2.41. The zero-order valence-electron chi connectivity index (χ0n) is 14.1. The van der Waals surface area contributed by atoms with Crippen molar-refractivity contribution in [2.24, 2.45) is 7.05 Å². The standard InChI is InChI=1S/C17H12F3N3O5/c1-21-11(9-7-13(23(27)28)15(25)14(24)8-9)4-5-12(21)10-3-2-6-22(26)16(10)17(18,19)20/h2-8,24-25H,1H3. The maximum Gasteiger partial charge on any atom is 0.479 e. The van der Waals surface area contributed by atoms with Crippen LogP contribution in [0.3, 0.4) is 0 Å². The normalized spacial score (nSPS) is 11.6. The van der Waals surface area contributed by atoms with Gasteiger partial charge in [-0.1, -0.05) is 0 Å². The first-order valence-electron chi connectivity index (χ1n) is 7.68. The largest absolute Gasteiger partial charge is 0.618 e. The summed E-state index contributed by atoms with van der Waals surface area (Å²) < 4.78 is 41.0. The number of hydrogen-bond acceptors (Lipinski definition) is 5. The van der Waals surface area contributed by atoms with Gasteiger partial charge in [-0.15, -0.1) is 0 Å². The molecule has 3 rings (SSSR count). The van der Waals surface area contributed by atoms with Gasteiger partial charge in [0.05, 0.1) is 16.2 Å². The Balaban J connectivity index is 2.21. The summed E-state index contributed by atoms with van der Waals surface area (Å²) in [6.07, 6.45) is -4.17. The predicted molar refractivity (Wildman–Crippen MR) is 90.2 cm³/mol. The second-order valence-corrected chi connectivity index (χ2v) is 5.88. The molecule has 0 saturated carbocycles. The molecule has 11 heteroatoms. The van der Waals surface area contributed by atoms with Crippen LogP contribution in [0.25, 0.3) is 22.5 Å². The number of nitro benzene ring substituents is 1. The molecule has 0 bridgehead atoms. The van der Waals surface area contributed by atoms with E-state index in [4.69, 9.17) is 0 Å². The molecule has 0 radical (unpaired) electrons. The highest BCUT2D eigenvalue weighted by atomic mass is 19.4. The first kappa shape index (κ1) is 19.0. The van der Waals surface area contributed by atoms with Gasteiger partial charge < -0.3 is 20.0 Å². The van der Waals surface area contributed by atoms with Crippen molar-refractivity contribution in [2.45, 2.75) is 6.18 Å². The number of pyridine rings is 1. The van der Waals surface area contributed by atoms with Crippen molar-refractivity contribution in [1.82, 2.24) is 4.57 Å². The van der Waals surface area contributed by atoms with Crippen LogP contribution in [0.2, 0.25) is 0 Å². The van der Waals surface area contributed by atoms with E-state index in [0.29, 0.717) is 0 Å². The van der Waals surface area contributed by atoms with E-state index in [9.17, 15) is 38.7 Å². The quantitative estimate of drug-likeness (QED) is 0.232. The third-order valence-electron chi connectivity index (χ3n) is 4.19. The van der Waals surface area contributed by atoms with Crippen LogP contribution in [0, 0.1) is 15.3 Å². The first-order chi connectivity index (χ1) is 13.0.